The topological polar surface area (TPSA) is 737 Å². The molecule has 3 aliphatic heterocycles. The minimum Gasteiger partial charge on any atom is -0.480 e. The van der Waals surface area contributed by atoms with Crippen molar-refractivity contribution in [3.8, 4) is 0 Å². The highest BCUT2D eigenvalue weighted by Gasteiger charge is 2.42. The fraction of sp³-hybridized carbons (Fsp3) is 0.462. The number of carbonyl (C=O) groups excluding carboxylic acids is 12. The average Bonchev–Trinajstić information content (AvgIpc) is 1.64. The number of carboxylic acid groups (broad SMARTS) is 3. The van der Waals surface area contributed by atoms with Gasteiger partial charge in [-0.2, -0.15) is 0 Å². The average molecular weight is 1930 g/mol. The van der Waals surface area contributed by atoms with Crippen LogP contribution in [0.15, 0.2) is 128 Å². The Morgan fingerprint density at radius 2 is 0.863 bits per heavy atom. The second-order valence-corrected chi connectivity index (χ2v) is 34.5. The number of hydrazine groups is 1. The maximum atomic E-state index is 15.5. The van der Waals surface area contributed by atoms with E-state index in [9.17, 15) is 54.0 Å². The molecular weight excluding hydrogens is 1800 g/mol. The molecule has 748 valence electrons. The number of aromatic amines is 3. The summed E-state index contributed by atoms with van der Waals surface area (Å²) >= 11 is 0. The monoisotopic (exact) mass is 1930 g/mol. The van der Waals surface area contributed by atoms with Gasteiger partial charge < -0.3 is 121 Å². The van der Waals surface area contributed by atoms with Gasteiger partial charge in [0.25, 0.3) is 5.91 Å². The zero-order valence-corrected chi connectivity index (χ0v) is 76.9. The molecule has 3 fully saturated rings. The zero-order chi connectivity index (χ0) is 100. The fourth-order valence-electron chi connectivity index (χ4n) is 17.0. The van der Waals surface area contributed by atoms with Crippen LogP contribution in [0.1, 0.15) is 103 Å². The van der Waals surface area contributed by atoms with Gasteiger partial charge in [0.15, 0.2) is 23.7 Å². The predicted molar refractivity (Wildman–Crippen MR) is 507 cm³/mol. The number of primary amides is 1. The van der Waals surface area contributed by atoms with Crippen molar-refractivity contribution < 1.29 is 92.3 Å². The number of guanidine groups is 3. The molecule has 48 heteroatoms. The first-order valence-electron chi connectivity index (χ1n) is 45.9. The molecule has 4 aromatic carbocycles. The molecule has 30 N–H and O–H groups in total. The van der Waals surface area contributed by atoms with E-state index in [1.165, 1.54) is 17.4 Å². The van der Waals surface area contributed by atoms with Gasteiger partial charge in [-0.3, -0.25) is 108 Å². The van der Waals surface area contributed by atoms with Crippen LogP contribution in [0, 0.1) is 22.1 Å². The van der Waals surface area contributed by atoms with E-state index in [2.05, 4.69) is 78.5 Å². The van der Waals surface area contributed by atoms with E-state index in [4.69, 9.17) is 39.2 Å². The van der Waals surface area contributed by atoms with Crippen molar-refractivity contribution in [3.63, 3.8) is 0 Å². The predicted octanol–water partition coefficient (Wildman–Crippen LogP) is -4.18. The summed E-state index contributed by atoms with van der Waals surface area (Å²) in [6.07, 6.45) is 6.04. The van der Waals surface area contributed by atoms with Gasteiger partial charge >= 0.3 is 23.9 Å². The molecule has 0 bridgehead atoms. The molecule has 9 atom stereocenters. The molecule has 0 spiro atoms. The second kappa shape index (κ2) is 52.8. The number of aromatic nitrogens is 4. The Bertz CT molecular complexity index is 5410. The Hall–Kier alpha value is -15.2. The first-order chi connectivity index (χ1) is 66.6. The molecule has 3 aliphatic rings. The van der Waals surface area contributed by atoms with Crippen LogP contribution in [0.4, 0.5) is 4.79 Å². The van der Waals surface area contributed by atoms with Gasteiger partial charge in [0.05, 0.1) is 39.1 Å². The lowest BCUT2D eigenvalue weighted by atomic mass is 9.90. The van der Waals surface area contributed by atoms with Crippen molar-refractivity contribution >= 4 is 128 Å². The van der Waals surface area contributed by atoms with Crippen LogP contribution in [0.2, 0.25) is 0 Å². The third-order valence-electron chi connectivity index (χ3n) is 24.4. The van der Waals surface area contributed by atoms with E-state index in [1.807, 2.05) is 5.43 Å². The molecule has 10 rings (SSSR count). The van der Waals surface area contributed by atoms with Gasteiger partial charge in [0.1, 0.15) is 54.4 Å². The third kappa shape index (κ3) is 33.4. The summed E-state index contributed by atoms with van der Waals surface area (Å²) in [5.41, 5.74) is 30.3. The molecule has 0 radical (unpaired) electrons. The molecule has 6 heterocycles. The number of ketones is 1. The van der Waals surface area contributed by atoms with Gasteiger partial charge in [0, 0.05) is 168 Å². The summed E-state index contributed by atoms with van der Waals surface area (Å²) in [5.74, 6) is -14.1. The number of urea groups is 1. The number of hydrogen-bond donors (Lipinski definition) is 26. The fourth-order valence-corrected chi connectivity index (χ4v) is 17.0. The Morgan fingerprint density at radius 1 is 0.439 bits per heavy atom. The van der Waals surface area contributed by atoms with Crippen LogP contribution in [0.25, 0.3) is 21.8 Å². The van der Waals surface area contributed by atoms with Crippen LogP contribution >= 0.6 is 0 Å². The standard InChI is InChI=1S/C91H125N29O19/c92-88(93)100-28-8-17-65(106-81(132)67(25-22-54-26-31-119(32-27-54)90(96)97)105-74(122)48-115-33-35-116(49-75(123)124)37-39-118(51-77(127)128)40-38-117(36-34-115)50-76(125)126)79(130)109-69(43-59-46-103-64-16-7-5-14-62(59)64)83(134)112-72(52-121)85(136)110-70(44-60-47-99-53-104-60)84(135)107-66(18-9-29-101-89(94)95)80(131)108-68(42-58-45-102-63-15-6-4-13-61(58)63)82(133)111-71(87(138)120-30-10-19-73(120)86(137)113-114-91(98)139)41-55-20-23-57(24-21-55)78(129)56-11-2-1-3-12-56/h1-7,11-16,20-21,23-24,45-47,53-54,65-73,102-103,121H,8-10,17-19,22,25-44,48-52H2,(H3,96,97)(H,99,104)(H,105,122)(H,106,132)(H,107,135)(H,108,131)(H,109,130)(H,110,136)(H,111,133)(H,112,134)(H,113,137)(H,123,124)(H,125,126)(H,127,128)(H4,92,93,100)(H4,94,95,101)(H3,98,114,139)/t65-,66+,67+,68-,69-,70-,71-,72-,73-/m0/s1. The number of aliphatic carboxylic acids is 3. The van der Waals surface area contributed by atoms with Crippen molar-refractivity contribution in [1.82, 2.24) is 113 Å². The van der Waals surface area contributed by atoms with E-state index >= 15 is 38.4 Å². The number of likely N-dealkylation sites (tertiary alicyclic amines) is 2. The molecule has 12 amide bonds. The summed E-state index contributed by atoms with van der Waals surface area (Å²) in [5, 5.41) is 93.1. The lowest BCUT2D eigenvalue weighted by Crippen LogP contribution is -2.61. The van der Waals surface area contributed by atoms with E-state index in [1.54, 1.807) is 140 Å². The lowest BCUT2D eigenvalue weighted by Gasteiger charge is -2.33. The highest BCUT2D eigenvalue weighted by molar-refractivity contribution is 6.09. The minimum absolute atomic E-state index is 0.00459. The maximum absolute atomic E-state index is 15.5. The molecule has 139 heavy (non-hydrogen) atoms. The van der Waals surface area contributed by atoms with Crippen LogP contribution in [-0.2, 0) is 88.0 Å². The maximum Gasteiger partial charge on any atom is 0.330 e. The minimum atomic E-state index is -1.95. The van der Waals surface area contributed by atoms with Gasteiger partial charge in [-0.25, -0.2) is 15.2 Å². The summed E-state index contributed by atoms with van der Waals surface area (Å²) in [7, 11) is 0. The number of para-hydroxylation sites is 2. The van der Waals surface area contributed by atoms with E-state index in [0.717, 1.165) is 0 Å². The summed E-state index contributed by atoms with van der Waals surface area (Å²) in [4.78, 5) is 235. The number of H-pyrrole nitrogens is 3. The lowest BCUT2D eigenvalue weighted by molar-refractivity contribution is -0.142. The Labute approximate surface area is 799 Å². The number of carbonyl (C=O) groups is 15. The highest BCUT2D eigenvalue weighted by Crippen LogP contribution is 2.27. The molecule has 0 unspecified atom stereocenters. The summed E-state index contributed by atoms with van der Waals surface area (Å²) in [6.45, 7) is -1.39. The van der Waals surface area contributed by atoms with Crippen LogP contribution in [0.5, 0.6) is 0 Å². The Balaban J connectivity index is 0.910. The number of nitrogens with one attached hydrogen (secondary N) is 18. The number of fused-ring (bicyclic) bond motifs is 2. The van der Waals surface area contributed by atoms with E-state index < -0.39 is 189 Å². The van der Waals surface area contributed by atoms with Gasteiger partial charge in [-0.05, 0) is 98.9 Å². The summed E-state index contributed by atoms with van der Waals surface area (Å²) < 4.78 is 0. The number of rotatable bonds is 47. The smallest absolute Gasteiger partial charge is 0.330 e. The van der Waals surface area contributed by atoms with E-state index in [0.29, 0.717) is 88.4 Å². The molecule has 48 nitrogen and oxygen atoms in total. The quantitative estimate of drug-likeness (QED) is 0.00566. The molecule has 7 aromatic rings. The van der Waals surface area contributed by atoms with Gasteiger partial charge in [-0.15, -0.1) is 0 Å². The van der Waals surface area contributed by atoms with Gasteiger partial charge in [-0.1, -0.05) is 91.0 Å². The third-order valence-corrected chi connectivity index (χ3v) is 24.4. The molecule has 0 aliphatic carbocycles. The first kappa shape index (κ1) is 106. The molecule has 3 saturated heterocycles. The van der Waals surface area contributed by atoms with Crippen LogP contribution in [-0.4, -0.2) is 349 Å². The van der Waals surface area contributed by atoms with Gasteiger partial charge in [0.2, 0.25) is 53.2 Å². The number of benzene rings is 4. The van der Waals surface area contributed by atoms with Crippen molar-refractivity contribution in [3.05, 3.63) is 162 Å². The number of aliphatic hydroxyl groups excluding tert-OH is 1. The Kier molecular flexibility index (Phi) is 40.2. The second-order valence-electron chi connectivity index (χ2n) is 34.5. The van der Waals surface area contributed by atoms with Crippen molar-refractivity contribution in [2.75, 3.05) is 118 Å². The first-order valence-corrected chi connectivity index (χ1v) is 45.9. The van der Waals surface area contributed by atoms with E-state index in [-0.39, 0.29) is 153 Å². The molecule has 0 saturated carbocycles. The SMILES string of the molecule is N=C(N)NCCC[C@H](NC(=O)[C@@H](CCC1CCN(C(=N)N)CC1)NC(=O)CN1CCN(CC(=O)O)CCN(CC(=O)O)CCN(CC(=O)O)CC1)C(=O)N[C@@H](Cc1c[nH]c2ccccc12)C(=O)N[C@@H](CO)C(=O)N[C@@H](Cc1cnc[nH]1)C(=O)N[C@H](CCCNC(=N)N)C(=O)N[C@@H](Cc1c[nH]c2ccccc12)C(=O)N[C@@H](Cc1ccc(C(=O)c2ccccc2)cc1)C(=O)N1CCC[C@H]1C(=O)NNC(N)=O. The molecular formula is C91H125N29O19. The Morgan fingerprint density at radius 3 is 1.32 bits per heavy atom. The van der Waals surface area contributed by atoms with Crippen LogP contribution in [0.3, 0.4) is 0 Å². The van der Waals surface area contributed by atoms with Crippen molar-refractivity contribution in [2.45, 2.75) is 144 Å². The van der Waals surface area contributed by atoms with Crippen LogP contribution < -0.4 is 87.0 Å². The number of hydrogen-bond acceptors (Lipinski definition) is 24. The highest BCUT2D eigenvalue weighted by atomic mass is 16.4. The van der Waals surface area contributed by atoms with Crippen molar-refractivity contribution in [1.29, 1.82) is 16.2 Å². The normalized spacial score (nSPS) is 16.5. The zero-order valence-electron chi connectivity index (χ0n) is 76.9. The largest absolute Gasteiger partial charge is 0.480 e. The number of carboxylic acids is 3. The number of nitrogens with zero attached hydrogens (tertiary/aromatic N) is 7. The number of piperidine rings is 1. The molecule has 3 aromatic heterocycles. The number of imidazole rings is 1. The number of nitrogens with two attached hydrogens (primary N) is 4. The number of amides is 12. The number of aliphatic hydroxyl groups is 1. The van der Waals surface area contributed by atoms with Crippen molar-refractivity contribution in [2.24, 2.45) is 28.9 Å². The summed E-state index contributed by atoms with van der Waals surface area (Å²) in [6, 6.07) is 13.6.